The Morgan fingerprint density at radius 3 is 2.62 bits per heavy atom. The molecule has 0 unspecified atom stereocenters. The summed E-state index contributed by atoms with van der Waals surface area (Å²) in [6.07, 6.45) is 5.91. The van der Waals surface area contributed by atoms with Gasteiger partial charge in [0.05, 0.1) is 10.9 Å². The maximum Gasteiger partial charge on any atom is 0.239 e. The maximum atomic E-state index is 12.7. The molecule has 1 atom stereocenters. The van der Waals surface area contributed by atoms with Gasteiger partial charge in [0.2, 0.25) is 5.91 Å². The van der Waals surface area contributed by atoms with Crippen LogP contribution in [0.15, 0.2) is 41.7 Å². The number of amides is 1. The van der Waals surface area contributed by atoms with Gasteiger partial charge in [0.25, 0.3) is 0 Å². The van der Waals surface area contributed by atoms with Gasteiger partial charge in [-0.05, 0) is 30.4 Å². The molecule has 8 heteroatoms. The van der Waals surface area contributed by atoms with E-state index in [9.17, 15) is 4.79 Å². The summed E-state index contributed by atoms with van der Waals surface area (Å²) < 4.78 is 0. The number of anilines is 1. The minimum Gasteiger partial charge on any atom is -0.352 e. The van der Waals surface area contributed by atoms with Gasteiger partial charge in [-0.3, -0.25) is 4.79 Å². The van der Waals surface area contributed by atoms with Gasteiger partial charge >= 0.3 is 0 Å². The van der Waals surface area contributed by atoms with E-state index in [1.807, 2.05) is 41.6 Å². The lowest BCUT2D eigenvalue weighted by Crippen LogP contribution is -2.54. The van der Waals surface area contributed by atoms with Crippen molar-refractivity contribution in [1.29, 1.82) is 0 Å². The molecule has 6 nitrogen and oxygen atoms in total. The van der Waals surface area contributed by atoms with Crippen LogP contribution in [0.3, 0.4) is 0 Å². The van der Waals surface area contributed by atoms with Crippen LogP contribution in [0.5, 0.6) is 0 Å². The summed E-state index contributed by atoms with van der Waals surface area (Å²) in [7, 11) is 0. The molecule has 2 N–H and O–H groups in total. The molecule has 0 radical (unpaired) electrons. The van der Waals surface area contributed by atoms with E-state index >= 15 is 0 Å². The Morgan fingerprint density at radius 1 is 1.27 bits per heavy atom. The van der Waals surface area contributed by atoms with Crippen LogP contribution in [0, 0.1) is 0 Å². The number of hydrogen-bond acceptors (Lipinski definition) is 6. The van der Waals surface area contributed by atoms with Crippen LogP contribution in [-0.4, -0.2) is 59.3 Å². The van der Waals surface area contributed by atoms with E-state index in [2.05, 4.69) is 14.9 Å². The van der Waals surface area contributed by atoms with Gasteiger partial charge in [-0.1, -0.05) is 23.7 Å². The molecule has 1 aliphatic rings. The van der Waals surface area contributed by atoms with E-state index in [4.69, 9.17) is 17.3 Å². The Bertz CT molecular complexity index is 750. The normalized spacial score (nSPS) is 15.8. The topological polar surface area (TPSA) is 75.4 Å². The fourth-order valence-corrected chi connectivity index (χ4v) is 3.68. The van der Waals surface area contributed by atoms with Gasteiger partial charge in [-0.25, -0.2) is 9.97 Å². The standard InChI is InChI=1S/C18H22ClN5OS/c1-26-16-11-21-12-22-17(16)23-6-8-24(9-7-23)18(25)15(20)10-13-2-4-14(19)5-3-13/h2-5,11-12,15H,6-10,20H2,1H3/t15-/m1/s1. The number of halogens is 1. The smallest absolute Gasteiger partial charge is 0.239 e. The van der Waals surface area contributed by atoms with E-state index in [0.717, 1.165) is 29.4 Å². The predicted molar refractivity (Wildman–Crippen MR) is 106 cm³/mol. The van der Waals surface area contributed by atoms with Gasteiger partial charge in [-0.15, -0.1) is 11.8 Å². The molecule has 1 fully saturated rings. The van der Waals surface area contributed by atoms with Gasteiger partial charge in [0.1, 0.15) is 12.1 Å². The lowest BCUT2D eigenvalue weighted by atomic mass is 10.1. The molecule has 0 bridgehead atoms. The highest BCUT2D eigenvalue weighted by Crippen LogP contribution is 2.26. The average Bonchev–Trinajstić information content (AvgIpc) is 2.69. The van der Waals surface area contributed by atoms with E-state index in [-0.39, 0.29) is 5.91 Å². The molecule has 1 aromatic carbocycles. The van der Waals surface area contributed by atoms with Crippen molar-refractivity contribution in [2.24, 2.45) is 5.73 Å². The van der Waals surface area contributed by atoms with Crippen molar-refractivity contribution in [3.63, 3.8) is 0 Å². The number of rotatable bonds is 5. The summed E-state index contributed by atoms with van der Waals surface area (Å²) in [4.78, 5) is 26.2. The molecule has 1 amide bonds. The average molecular weight is 392 g/mol. The number of nitrogens with zero attached hydrogens (tertiary/aromatic N) is 4. The van der Waals surface area contributed by atoms with E-state index in [1.165, 1.54) is 0 Å². The number of hydrogen-bond donors (Lipinski definition) is 1. The van der Waals surface area contributed by atoms with E-state index in [0.29, 0.717) is 24.5 Å². The zero-order chi connectivity index (χ0) is 18.5. The first-order chi connectivity index (χ1) is 12.6. The number of piperazine rings is 1. The van der Waals surface area contributed by atoms with Gasteiger partial charge in [0, 0.05) is 37.4 Å². The highest BCUT2D eigenvalue weighted by Gasteiger charge is 2.26. The molecule has 1 aromatic heterocycles. The molecule has 138 valence electrons. The zero-order valence-electron chi connectivity index (χ0n) is 14.6. The van der Waals surface area contributed by atoms with Crippen LogP contribution in [-0.2, 0) is 11.2 Å². The van der Waals surface area contributed by atoms with E-state index < -0.39 is 6.04 Å². The molecule has 2 heterocycles. The number of carbonyl (C=O) groups is 1. The fraction of sp³-hybridized carbons (Fsp3) is 0.389. The molecule has 26 heavy (non-hydrogen) atoms. The highest BCUT2D eigenvalue weighted by molar-refractivity contribution is 7.98. The first kappa shape index (κ1) is 18.9. The van der Waals surface area contributed by atoms with Crippen LogP contribution in [0.2, 0.25) is 5.02 Å². The van der Waals surface area contributed by atoms with Crippen LogP contribution in [0.25, 0.3) is 0 Å². The number of nitrogens with two attached hydrogens (primary N) is 1. The Balaban J connectivity index is 1.57. The fourth-order valence-electron chi connectivity index (χ4n) is 3.03. The first-order valence-corrected chi connectivity index (χ1v) is 10.1. The lowest BCUT2D eigenvalue weighted by molar-refractivity contribution is -0.132. The third-order valence-electron chi connectivity index (χ3n) is 4.46. The van der Waals surface area contributed by atoms with E-state index in [1.54, 1.807) is 18.1 Å². The molecule has 2 aromatic rings. The summed E-state index contributed by atoms with van der Waals surface area (Å²) >= 11 is 7.52. The monoisotopic (exact) mass is 391 g/mol. The third kappa shape index (κ3) is 4.47. The molecular formula is C18H22ClN5OS. The van der Waals surface area contributed by atoms with Crippen molar-refractivity contribution in [3.8, 4) is 0 Å². The Labute approximate surface area is 162 Å². The van der Waals surface area contributed by atoms with Gasteiger partial charge in [0.15, 0.2) is 0 Å². The van der Waals surface area contributed by atoms with Crippen molar-refractivity contribution in [3.05, 3.63) is 47.4 Å². The predicted octanol–water partition coefficient (Wildman–Crippen LogP) is 2.07. The first-order valence-electron chi connectivity index (χ1n) is 8.46. The molecule has 0 spiro atoms. The summed E-state index contributed by atoms with van der Waals surface area (Å²) in [5.74, 6) is 0.928. The van der Waals surface area contributed by atoms with Crippen LogP contribution in [0.1, 0.15) is 5.56 Å². The molecule has 1 aliphatic heterocycles. The lowest BCUT2D eigenvalue weighted by Gasteiger charge is -2.37. The second-order valence-electron chi connectivity index (χ2n) is 6.16. The van der Waals surface area contributed by atoms with Crippen molar-refractivity contribution in [1.82, 2.24) is 14.9 Å². The summed E-state index contributed by atoms with van der Waals surface area (Å²) in [6, 6.07) is 6.91. The number of carbonyl (C=O) groups excluding carboxylic acids is 1. The van der Waals surface area contributed by atoms with Crippen molar-refractivity contribution >= 4 is 35.1 Å². The van der Waals surface area contributed by atoms with Crippen LogP contribution >= 0.6 is 23.4 Å². The minimum absolute atomic E-state index is 0.00706. The highest BCUT2D eigenvalue weighted by atomic mass is 35.5. The number of thioether (sulfide) groups is 1. The Morgan fingerprint density at radius 2 is 1.96 bits per heavy atom. The summed E-state index contributed by atoms with van der Waals surface area (Å²) in [5.41, 5.74) is 7.16. The molecule has 1 saturated heterocycles. The SMILES string of the molecule is CSc1cncnc1N1CCN(C(=O)[C@H](N)Cc2ccc(Cl)cc2)CC1. The van der Waals surface area contributed by atoms with Crippen LogP contribution < -0.4 is 10.6 Å². The molecule has 3 rings (SSSR count). The van der Waals surface area contributed by atoms with Gasteiger partial charge < -0.3 is 15.5 Å². The number of benzene rings is 1. The van der Waals surface area contributed by atoms with Crippen LogP contribution in [0.4, 0.5) is 5.82 Å². The second kappa shape index (κ2) is 8.70. The van der Waals surface area contributed by atoms with Gasteiger partial charge in [-0.2, -0.15) is 0 Å². The summed E-state index contributed by atoms with van der Waals surface area (Å²) in [6.45, 7) is 2.77. The molecule has 0 aliphatic carbocycles. The second-order valence-corrected chi connectivity index (χ2v) is 7.45. The Hall–Kier alpha value is -1.83. The largest absolute Gasteiger partial charge is 0.352 e. The van der Waals surface area contributed by atoms with Crippen molar-refractivity contribution in [2.75, 3.05) is 37.3 Å². The third-order valence-corrected chi connectivity index (χ3v) is 5.44. The molecule has 0 saturated carbocycles. The molecular weight excluding hydrogens is 370 g/mol. The summed E-state index contributed by atoms with van der Waals surface area (Å²) in [5, 5.41) is 0.680. The zero-order valence-corrected chi connectivity index (χ0v) is 16.2. The maximum absolute atomic E-state index is 12.7. The quantitative estimate of drug-likeness (QED) is 0.786. The van der Waals surface area contributed by atoms with Crippen molar-refractivity contribution in [2.45, 2.75) is 17.4 Å². The minimum atomic E-state index is -0.538. The number of aromatic nitrogens is 2. The van der Waals surface area contributed by atoms with Crippen molar-refractivity contribution < 1.29 is 4.79 Å². The Kier molecular flexibility index (Phi) is 6.34.